The molecule has 0 atom stereocenters. The van der Waals surface area contributed by atoms with Crippen molar-refractivity contribution in [3.8, 4) is 0 Å². The zero-order chi connectivity index (χ0) is 12.7. The fourth-order valence-corrected chi connectivity index (χ4v) is 1.56. The Kier molecular flexibility index (Phi) is 5.73. The predicted octanol–water partition coefficient (Wildman–Crippen LogP) is 2.84. The van der Waals surface area contributed by atoms with Crippen molar-refractivity contribution in [1.82, 2.24) is 9.97 Å². The number of unbranched alkanes of at least 4 members (excludes halogenated alkanes) is 1. The first-order chi connectivity index (χ1) is 8.17. The summed E-state index contributed by atoms with van der Waals surface area (Å²) in [5, 5.41) is 3.31. The van der Waals surface area contributed by atoms with Gasteiger partial charge >= 0.3 is 0 Å². The summed E-state index contributed by atoms with van der Waals surface area (Å²) in [6.07, 6.45) is 3.46. The number of nitrogens with one attached hydrogen (secondary N) is 1. The Labute approximate surface area is 104 Å². The van der Waals surface area contributed by atoms with Gasteiger partial charge in [0.1, 0.15) is 5.82 Å². The molecule has 96 valence electrons. The molecule has 0 aliphatic rings. The van der Waals surface area contributed by atoms with E-state index in [4.69, 9.17) is 0 Å². The monoisotopic (exact) mass is 236 g/mol. The van der Waals surface area contributed by atoms with E-state index in [1.54, 1.807) is 0 Å². The molecule has 0 aromatic carbocycles. The van der Waals surface area contributed by atoms with Crippen molar-refractivity contribution in [3.63, 3.8) is 0 Å². The smallest absolute Gasteiger partial charge is 0.227 e. The summed E-state index contributed by atoms with van der Waals surface area (Å²) in [5.74, 6) is 1.75. The van der Waals surface area contributed by atoms with Crippen molar-refractivity contribution < 1.29 is 0 Å². The highest BCUT2D eigenvalue weighted by Crippen LogP contribution is 2.13. The zero-order valence-corrected chi connectivity index (χ0v) is 11.5. The van der Waals surface area contributed by atoms with Crippen molar-refractivity contribution in [1.29, 1.82) is 0 Å². The molecule has 0 amide bonds. The van der Waals surface area contributed by atoms with E-state index in [0.29, 0.717) is 0 Å². The van der Waals surface area contributed by atoms with Crippen LogP contribution in [-0.2, 0) is 0 Å². The van der Waals surface area contributed by atoms with Gasteiger partial charge in [0, 0.05) is 31.9 Å². The van der Waals surface area contributed by atoms with Crippen molar-refractivity contribution in [2.24, 2.45) is 0 Å². The van der Waals surface area contributed by atoms with Crippen LogP contribution < -0.4 is 10.2 Å². The molecule has 17 heavy (non-hydrogen) atoms. The third-order valence-corrected chi connectivity index (χ3v) is 2.59. The zero-order valence-electron chi connectivity index (χ0n) is 11.5. The van der Waals surface area contributed by atoms with Gasteiger partial charge < -0.3 is 10.2 Å². The molecule has 0 aliphatic carbocycles. The lowest BCUT2D eigenvalue weighted by molar-refractivity contribution is 0.748. The van der Waals surface area contributed by atoms with Gasteiger partial charge in [-0.3, -0.25) is 0 Å². The lowest BCUT2D eigenvalue weighted by atomic mass is 10.3. The second-order valence-electron chi connectivity index (χ2n) is 4.40. The molecule has 1 N–H and O–H groups in total. The summed E-state index contributed by atoms with van der Waals surface area (Å²) in [7, 11) is 2.05. The molecule has 0 fully saturated rings. The highest BCUT2D eigenvalue weighted by atomic mass is 15.2. The molecular weight excluding hydrogens is 212 g/mol. The van der Waals surface area contributed by atoms with Gasteiger partial charge in [0.05, 0.1) is 0 Å². The minimum absolute atomic E-state index is 0.817. The standard InChI is InChI=1S/C13H24N4/c1-5-7-9-17(4)13-15-11(3)10-12(16-13)14-8-6-2/h10H,5-9H2,1-4H3,(H,14,15,16). The molecule has 0 bridgehead atoms. The second kappa shape index (κ2) is 7.09. The number of anilines is 2. The van der Waals surface area contributed by atoms with Gasteiger partial charge in [0.25, 0.3) is 0 Å². The van der Waals surface area contributed by atoms with Gasteiger partial charge in [0.15, 0.2) is 0 Å². The average molecular weight is 236 g/mol. The lowest BCUT2D eigenvalue weighted by Crippen LogP contribution is -2.21. The minimum Gasteiger partial charge on any atom is -0.370 e. The van der Waals surface area contributed by atoms with Crippen LogP contribution in [0.3, 0.4) is 0 Å². The molecule has 0 unspecified atom stereocenters. The van der Waals surface area contributed by atoms with Crippen LogP contribution in [0.1, 0.15) is 38.8 Å². The molecule has 0 spiro atoms. The van der Waals surface area contributed by atoms with E-state index in [0.717, 1.165) is 37.0 Å². The summed E-state index contributed by atoms with van der Waals surface area (Å²) in [6.45, 7) is 8.31. The van der Waals surface area contributed by atoms with Crippen molar-refractivity contribution >= 4 is 11.8 Å². The maximum absolute atomic E-state index is 4.53. The van der Waals surface area contributed by atoms with Gasteiger partial charge in [0.2, 0.25) is 5.95 Å². The molecule has 0 aliphatic heterocycles. The highest BCUT2D eigenvalue weighted by Gasteiger charge is 2.06. The molecular formula is C13H24N4. The van der Waals surface area contributed by atoms with Crippen LogP contribution in [0.2, 0.25) is 0 Å². The van der Waals surface area contributed by atoms with E-state index in [1.807, 2.05) is 20.0 Å². The highest BCUT2D eigenvalue weighted by molar-refractivity contribution is 5.43. The number of nitrogens with zero attached hydrogens (tertiary/aromatic N) is 3. The average Bonchev–Trinajstić information content (AvgIpc) is 2.32. The van der Waals surface area contributed by atoms with Crippen LogP contribution in [0.5, 0.6) is 0 Å². The Hall–Kier alpha value is -1.32. The van der Waals surface area contributed by atoms with E-state index in [-0.39, 0.29) is 0 Å². The summed E-state index contributed by atoms with van der Waals surface area (Å²) >= 11 is 0. The summed E-state index contributed by atoms with van der Waals surface area (Å²) < 4.78 is 0. The van der Waals surface area contributed by atoms with Crippen LogP contribution in [0.25, 0.3) is 0 Å². The molecule has 1 aromatic heterocycles. The van der Waals surface area contributed by atoms with Crippen molar-refractivity contribution in [2.75, 3.05) is 30.4 Å². The number of hydrogen-bond acceptors (Lipinski definition) is 4. The Balaban J connectivity index is 2.73. The third kappa shape index (κ3) is 4.59. The van der Waals surface area contributed by atoms with Gasteiger partial charge in [-0.2, -0.15) is 4.98 Å². The Morgan fingerprint density at radius 2 is 2.00 bits per heavy atom. The van der Waals surface area contributed by atoms with Gasteiger partial charge in [-0.05, 0) is 19.8 Å². The fourth-order valence-electron chi connectivity index (χ4n) is 1.56. The normalized spacial score (nSPS) is 10.4. The first-order valence-corrected chi connectivity index (χ1v) is 6.48. The number of rotatable bonds is 7. The summed E-state index contributed by atoms with van der Waals surface area (Å²) in [4.78, 5) is 11.1. The first-order valence-electron chi connectivity index (χ1n) is 6.48. The molecule has 4 heteroatoms. The Bertz CT molecular complexity index is 338. The maximum atomic E-state index is 4.53. The SMILES string of the molecule is CCCCN(C)c1nc(C)cc(NCCC)n1. The third-order valence-electron chi connectivity index (χ3n) is 2.59. The molecule has 1 heterocycles. The van der Waals surface area contributed by atoms with Crippen LogP contribution in [0.4, 0.5) is 11.8 Å². The maximum Gasteiger partial charge on any atom is 0.227 e. The van der Waals surface area contributed by atoms with E-state index in [1.165, 1.54) is 12.8 Å². The first kappa shape index (κ1) is 13.7. The van der Waals surface area contributed by atoms with E-state index in [9.17, 15) is 0 Å². The molecule has 1 rings (SSSR count). The largest absolute Gasteiger partial charge is 0.370 e. The molecule has 0 saturated heterocycles. The molecule has 1 aromatic rings. The second-order valence-corrected chi connectivity index (χ2v) is 4.40. The molecule has 0 radical (unpaired) electrons. The van der Waals surface area contributed by atoms with Gasteiger partial charge in [-0.25, -0.2) is 4.98 Å². The van der Waals surface area contributed by atoms with Crippen molar-refractivity contribution in [2.45, 2.75) is 40.0 Å². The van der Waals surface area contributed by atoms with Crippen LogP contribution in [-0.4, -0.2) is 30.1 Å². The van der Waals surface area contributed by atoms with E-state index < -0.39 is 0 Å². The molecule has 4 nitrogen and oxygen atoms in total. The number of hydrogen-bond donors (Lipinski definition) is 1. The summed E-state index contributed by atoms with van der Waals surface area (Å²) in [5.41, 5.74) is 1.01. The Morgan fingerprint density at radius 3 is 2.65 bits per heavy atom. The number of aromatic nitrogens is 2. The lowest BCUT2D eigenvalue weighted by Gasteiger charge is -2.18. The van der Waals surface area contributed by atoms with E-state index >= 15 is 0 Å². The van der Waals surface area contributed by atoms with E-state index in [2.05, 4.69) is 34.0 Å². The molecule has 0 saturated carbocycles. The van der Waals surface area contributed by atoms with Crippen LogP contribution in [0, 0.1) is 6.92 Å². The van der Waals surface area contributed by atoms with Crippen LogP contribution in [0.15, 0.2) is 6.07 Å². The van der Waals surface area contributed by atoms with Gasteiger partial charge in [-0.1, -0.05) is 20.3 Å². The topological polar surface area (TPSA) is 41.1 Å². The summed E-state index contributed by atoms with van der Waals surface area (Å²) in [6, 6.07) is 1.99. The Morgan fingerprint density at radius 1 is 1.24 bits per heavy atom. The predicted molar refractivity (Wildman–Crippen MR) is 73.7 cm³/mol. The van der Waals surface area contributed by atoms with Crippen molar-refractivity contribution in [3.05, 3.63) is 11.8 Å². The fraction of sp³-hybridized carbons (Fsp3) is 0.692. The quantitative estimate of drug-likeness (QED) is 0.790. The minimum atomic E-state index is 0.817. The van der Waals surface area contributed by atoms with Crippen LogP contribution >= 0.6 is 0 Å². The number of aryl methyl sites for hydroxylation is 1. The van der Waals surface area contributed by atoms with Gasteiger partial charge in [-0.15, -0.1) is 0 Å².